The van der Waals surface area contributed by atoms with Gasteiger partial charge in [-0.15, -0.1) is 0 Å². The molecule has 112 valence electrons. The van der Waals surface area contributed by atoms with Crippen LogP contribution in [0.1, 0.15) is 57.0 Å². The van der Waals surface area contributed by atoms with Crippen molar-refractivity contribution in [2.75, 3.05) is 0 Å². The molecule has 1 aromatic heterocycles. The SMILES string of the molecule is CC(C)(C)c1nc(C2=CCC(F)(F)CC2)c(C#N)cc1Cl. The first-order valence-electron chi connectivity index (χ1n) is 6.82. The van der Waals surface area contributed by atoms with E-state index in [2.05, 4.69) is 11.1 Å². The number of allylic oxidation sites excluding steroid dienone is 2. The third-order valence-electron chi connectivity index (χ3n) is 3.52. The highest BCUT2D eigenvalue weighted by Crippen LogP contribution is 2.38. The van der Waals surface area contributed by atoms with Crippen LogP contribution in [0.3, 0.4) is 0 Å². The van der Waals surface area contributed by atoms with Gasteiger partial charge >= 0.3 is 0 Å². The summed E-state index contributed by atoms with van der Waals surface area (Å²) in [7, 11) is 0. The molecule has 0 amide bonds. The smallest absolute Gasteiger partial charge is 0.250 e. The van der Waals surface area contributed by atoms with Crippen molar-refractivity contribution in [2.24, 2.45) is 0 Å². The Morgan fingerprint density at radius 1 is 1.38 bits per heavy atom. The summed E-state index contributed by atoms with van der Waals surface area (Å²) >= 11 is 6.20. The van der Waals surface area contributed by atoms with Gasteiger partial charge < -0.3 is 0 Å². The van der Waals surface area contributed by atoms with E-state index in [0.717, 1.165) is 0 Å². The summed E-state index contributed by atoms with van der Waals surface area (Å²) in [6.07, 6.45) is 1.20. The van der Waals surface area contributed by atoms with Crippen molar-refractivity contribution in [3.8, 4) is 6.07 Å². The number of aromatic nitrogens is 1. The lowest BCUT2D eigenvalue weighted by molar-refractivity contribution is -0.00606. The maximum absolute atomic E-state index is 13.3. The fourth-order valence-corrected chi connectivity index (χ4v) is 2.79. The van der Waals surface area contributed by atoms with Crippen LogP contribution in [0, 0.1) is 11.3 Å². The number of pyridine rings is 1. The zero-order valence-electron chi connectivity index (χ0n) is 12.3. The van der Waals surface area contributed by atoms with E-state index in [9.17, 15) is 14.0 Å². The van der Waals surface area contributed by atoms with Gasteiger partial charge in [0.15, 0.2) is 0 Å². The maximum Gasteiger partial charge on any atom is 0.251 e. The molecule has 1 aromatic rings. The molecule has 0 unspecified atom stereocenters. The molecule has 0 atom stereocenters. The highest BCUT2D eigenvalue weighted by molar-refractivity contribution is 6.31. The van der Waals surface area contributed by atoms with Crippen molar-refractivity contribution in [2.45, 2.75) is 51.4 Å². The van der Waals surface area contributed by atoms with Gasteiger partial charge in [-0.05, 0) is 18.1 Å². The minimum atomic E-state index is -2.66. The van der Waals surface area contributed by atoms with E-state index in [-0.39, 0.29) is 24.7 Å². The Labute approximate surface area is 128 Å². The average Bonchev–Trinajstić information content (AvgIpc) is 2.37. The summed E-state index contributed by atoms with van der Waals surface area (Å²) in [5, 5.41) is 9.68. The molecule has 0 saturated carbocycles. The number of hydrogen-bond acceptors (Lipinski definition) is 2. The first-order valence-corrected chi connectivity index (χ1v) is 7.20. The van der Waals surface area contributed by atoms with Gasteiger partial charge in [0.2, 0.25) is 0 Å². The molecule has 0 aliphatic heterocycles. The lowest BCUT2D eigenvalue weighted by Crippen LogP contribution is -2.20. The molecule has 0 fully saturated rings. The van der Waals surface area contributed by atoms with Crippen LogP contribution >= 0.6 is 11.6 Å². The summed E-state index contributed by atoms with van der Waals surface area (Å²) in [6.45, 7) is 5.92. The third kappa shape index (κ3) is 3.41. The molecule has 5 heteroatoms. The fraction of sp³-hybridized carbons (Fsp3) is 0.500. The van der Waals surface area contributed by atoms with Crippen LogP contribution in [-0.2, 0) is 5.41 Å². The number of hydrogen-bond donors (Lipinski definition) is 0. The van der Waals surface area contributed by atoms with Crippen LogP contribution in [0.2, 0.25) is 5.02 Å². The van der Waals surface area contributed by atoms with Crippen LogP contribution in [0.4, 0.5) is 8.78 Å². The summed E-state index contributed by atoms with van der Waals surface area (Å²) in [6, 6.07) is 3.64. The lowest BCUT2D eigenvalue weighted by atomic mass is 9.88. The Morgan fingerprint density at radius 3 is 2.52 bits per heavy atom. The van der Waals surface area contributed by atoms with Crippen molar-refractivity contribution in [3.63, 3.8) is 0 Å². The van der Waals surface area contributed by atoms with Crippen molar-refractivity contribution in [1.29, 1.82) is 5.26 Å². The molecule has 2 rings (SSSR count). The largest absolute Gasteiger partial charge is 0.251 e. The Hall–Kier alpha value is -1.47. The average molecular weight is 311 g/mol. The third-order valence-corrected chi connectivity index (χ3v) is 3.81. The molecule has 0 bridgehead atoms. The summed E-state index contributed by atoms with van der Waals surface area (Å²) < 4.78 is 26.5. The van der Waals surface area contributed by atoms with Crippen LogP contribution in [-0.4, -0.2) is 10.9 Å². The Kier molecular flexibility index (Phi) is 4.08. The predicted molar refractivity (Wildman–Crippen MR) is 79.4 cm³/mol. The van der Waals surface area contributed by atoms with Gasteiger partial charge in [0.05, 0.1) is 22.0 Å². The molecule has 0 N–H and O–H groups in total. The number of nitriles is 1. The molecular formula is C16H17ClF2N2. The highest BCUT2D eigenvalue weighted by Gasteiger charge is 2.32. The fourth-order valence-electron chi connectivity index (χ4n) is 2.35. The Bertz CT molecular complexity index is 637. The standard InChI is InChI=1S/C16H17ClF2N2/c1-15(2,3)14-12(17)8-11(9-20)13(21-14)10-4-6-16(18,19)7-5-10/h4,8H,5-7H2,1-3H3. The Balaban J connectivity index is 2.54. The zero-order chi connectivity index (χ0) is 15.8. The van der Waals surface area contributed by atoms with Gasteiger partial charge in [-0.2, -0.15) is 5.26 Å². The molecule has 0 saturated heterocycles. The molecule has 0 spiro atoms. The molecule has 1 aliphatic rings. The summed E-state index contributed by atoms with van der Waals surface area (Å²) in [5.74, 6) is -2.66. The van der Waals surface area contributed by atoms with E-state index < -0.39 is 5.92 Å². The minimum Gasteiger partial charge on any atom is -0.250 e. The molecule has 21 heavy (non-hydrogen) atoms. The minimum absolute atomic E-state index is 0.209. The normalized spacial score (nSPS) is 18.0. The number of nitrogens with zero attached hydrogens (tertiary/aromatic N) is 2. The van der Waals surface area contributed by atoms with Crippen LogP contribution in [0.15, 0.2) is 12.1 Å². The topological polar surface area (TPSA) is 36.7 Å². The highest BCUT2D eigenvalue weighted by atomic mass is 35.5. The van der Waals surface area contributed by atoms with Gasteiger partial charge in [0.1, 0.15) is 6.07 Å². The molecule has 0 aromatic carbocycles. The van der Waals surface area contributed by atoms with Gasteiger partial charge in [-0.25, -0.2) is 13.8 Å². The Morgan fingerprint density at radius 2 is 2.05 bits per heavy atom. The van der Waals surface area contributed by atoms with E-state index in [4.69, 9.17) is 11.6 Å². The number of alkyl halides is 2. The summed E-state index contributed by atoms with van der Waals surface area (Å²) in [4.78, 5) is 4.52. The first kappa shape index (κ1) is 15.9. The van der Waals surface area contributed by atoms with E-state index in [1.165, 1.54) is 6.08 Å². The molecule has 0 radical (unpaired) electrons. The number of halogens is 3. The monoisotopic (exact) mass is 310 g/mol. The van der Waals surface area contributed by atoms with Gasteiger partial charge in [0, 0.05) is 18.3 Å². The van der Waals surface area contributed by atoms with Crippen molar-refractivity contribution in [1.82, 2.24) is 4.98 Å². The second-order valence-corrected chi connectivity index (χ2v) is 6.77. The van der Waals surface area contributed by atoms with E-state index >= 15 is 0 Å². The second-order valence-electron chi connectivity index (χ2n) is 6.37. The van der Waals surface area contributed by atoms with Crippen LogP contribution < -0.4 is 0 Å². The van der Waals surface area contributed by atoms with Crippen molar-refractivity contribution < 1.29 is 8.78 Å². The quantitative estimate of drug-likeness (QED) is 0.723. The predicted octanol–water partition coefficient (Wildman–Crippen LogP) is 5.11. The maximum atomic E-state index is 13.3. The molecular weight excluding hydrogens is 294 g/mol. The number of rotatable bonds is 1. The molecule has 2 nitrogen and oxygen atoms in total. The molecule has 1 heterocycles. The van der Waals surface area contributed by atoms with Gasteiger partial charge in [-0.3, -0.25) is 0 Å². The van der Waals surface area contributed by atoms with Crippen LogP contribution in [0.25, 0.3) is 5.57 Å². The second kappa shape index (κ2) is 5.38. The van der Waals surface area contributed by atoms with Gasteiger partial charge in [0.25, 0.3) is 5.92 Å². The van der Waals surface area contributed by atoms with Crippen LogP contribution in [0.5, 0.6) is 0 Å². The summed E-state index contributed by atoms with van der Waals surface area (Å²) in [5.41, 5.74) is 1.93. The van der Waals surface area contributed by atoms with E-state index in [1.54, 1.807) is 6.07 Å². The first-order chi connectivity index (χ1) is 9.64. The zero-order valence-corrected chi connectivity index (χ0v) is 13.1. The van der Waals surface area contributed by atoms with E-state index in [1.807, 2.05) is 20.8 Å². The van der Waals surface area contributed by atoms with Crippen molar-refractivity contribution >= 4 is 17.2 Å². The van der Waals surface area contributed by atoms with Gasteiger partial charge in [-0.1, -0.05) is 38.4 Å². The van der Waals surface area contributed by atoms with E-state index in [0.29, 0.717) is 27.5 Å². The molecule has 1 aliphatic carbocycles. The lowest BCUT2D eigenvalue weighted by Gasteiger charge is -2.24. The van der Waals surface area contributed by atoms with Crippen molar-refractivity contribution in [3.05, 3.63) is 34.1 Å².